The monoisotopic (exact) mass is 618 g/mol. The lowest BCUT2D eigenvalue weighted by molar-refractivity contribution is -0.150. The summed E-state index contributed by atoms with van der Waals surface area (Å²) in [6, 6.07) is 18.9. The Bertz CT molecular complexity index is 1200. The molecule has 1 saturated carbocycles. The predicted molar refractivity (Wildman–Crippen MR) is 176 cm³/mol. The second-order valence-corrected chi connectivity index (χ2v) is 12.1. The molecule has 1 aliphatic rings. The van der Waals surface area contributed by atoms with Crippen LogP contribution in [0.25, 0.3) is 0 Å². The van der Waals surface area contributed by atoms with E-state index in [0.717, 1.165) is 49.7 Å². The molecular weight excluding hydrogens is 568 g/mol. The number of benzene rings is 2. The zero-order valence-corrected chi connectivity index (χ0v) is 26.5. The first-order valence-electron chi connectivity index (χ1n) is 16.1. The molecule has 1 aliphatic carbocycles. The largest absolute Gasteiger partial charge is 0.463 e. The molecule has 0 aromatic heterocycles. The molecule has 244 valence electrons. The highest BCUT2D eigenvalue weighted by Crippen LogP contribution is 2.29. The smallest absolute Gasteiger partial charge is 0.309 e. The first kappa shape index (κ1) is 35.7. The van der Waals surface area contributed by atoms with Gasteiger partial charge in [0.2, 0.25) is 11.8 Å². The van der Waals surface area contributed by atoms with Gasteiger partial charge >= 0.3 is 5.97 Å². The van der Waals surface area contributed by atoms with Gasteiger partial charge in [0.1, 0.15) is 6.61 Å². The summed E-state index contributed by atoms with van der Waals surface area (Å²) in [5.74, 6) is -1.94. The van der Waals surface area contributed by atoms with E-state index in [1.54, 1.807) is 6.08 Å². The Kier molecular flexibility index (Phi) is 15.6. The van der Waals surface area contributed by atoms with Crippen LogP contribution in [0.1, 0.15) is 68.9 Å². The number of aliphatic hydroxyl groups is 1. The van der Waals surface area contributed by atoms with Crippen LogP contribution in [0.3, 0.4) is 0 Å². The van der Waals surface area contributed by atoms with Crippen molar-refractivity contribution in [1.82, 2.24) is 10.6 Å². The second kappa shape index (κ2) is 19.6. The van der Waals surface area contributed by atoms with Crippen LogP contribution in [0, 0.1) is 11.8 Å². The number of esters is 1. The van der Waals surface area contributed by atoms with Crippen LogP contribution in [0.15, 0.2) is 86.0 Å². The molecule has 0 heterocycles. The van der Waals surface area contributed by atoms with E-state index in [1.165, 1.54) is 0 Å². The molecule has 0 bridgehead atoms. The number of unbranched alkanes of at least 4 members (excludes halogenated alkanes) is 1. The average Bonchev–Trinajstić information content (AvgIpc) is 3.52. The van der Waals surface area contributed by atoms with Gasteiger partial charge in [0.15, 0.2) is 0 Å². The zero-order chi connectivity index (χ0) is 32.3. The molecule has 0 saturated heterocycles. The molecule has 1 fully saturated rings. The van der Waals surface area contributed by atoms with Crippen molar-refractivity contribution in [2.45, 2.75) is 82.4 Å². The Labute approximate surface area is 268 Å². The Morgan fingerprint density at radius 1 is 0.911 bits per heavy atom. The summed E-state index contributed by atoms with van der Waals surface area (Å²) in [5.41, 5.74) is 1.42. The van der Waals surface area contributed by atoms with Gasteiger partial charge in [-0.15, -0.1) is 13.2 Å². The fraction of sp³-hybridized carbons (Fsp3) is 0.486. The zero-order valence-electron chi connectivity index (χ0n) is 26.5. The molecule has 3 rings (SSSR count). The number of hydrogen-bond donors (Lipinski definition) is 3. The Balaban J connectivity index is 1.66. The van der Waals surface area contributed by atoms with Crippen LogP contribution in [-0.4, -0.2) is 54.3 Å². The number of amides is 2. The highest BCUT2D eigenvalue weighted by molar-refractivity contribution is 5.86. The van der Waals surface area contributed by atoms with E-state index >= 15 is 0 Å². The molecule has 3 atom stereocenters. The van der Waals surface area contributed by atoms with E-state index in [4.69, 9.17) is 9.47 Å². The van der Waals surface area contributed by atoms with Gasteiger partial charge in [-0.25, -0.2) is 0 Å². The Morgan fingerprint density at radius 3 is 2.20 bits per heavy atom. The van der Waals surface area contributed by atoms with E-state index in [9.17, 15) is 19.5 Å². The lowest BCUT2D eigenvalue weighted by Crippen LogP contribution is -2.50. The molecule has 0 spiro atoms. The maximum absolute atomic E-state index is 13.5. The molecule has 2 aromatic carbocycles. The second-order valence-electron chi connectivity index (χ2n) is 12.1. The molecule has 0 aliphatic heterocycles. The van der Waals surface area contributed by atoms with E-state index in [-0.39, 0.29) is 49.9 Å². The van der Waals surface area contributed by atoms with Gasteiger partial charge in [-0.2, -0.15) is 0 Å². The van der Waals surface area contributed by atoms with Crippen LogP contribution in [0.5, 0.6) is 0 Å². The minimum atomic E-state index is -0.670. The Morgan fingerprint density at radius 2 is 1.58 bits per heavy atom. The van der Waals surface area contributed by atoms with Gasteiger partial charge in [0.25, 0.3) is 0 Å². The fourth-order valence-electron chi connectivity index (χ4n) is 5.78. The molecule has 3 unspecified atom stereocenters. The topological polar surface area (TPSA) is 114 Å². The van der Waals surface area contributed by atoms with E-state index < -0.39 is 17.5 Å². The first-order valence-corrected chi connectivity index (χ1v) is 16.1. The third-order valence-corrected chi connectivity index (χ3v) is 8.34. The number of nitrogens with one attached hydrogen (secondary N) is 2. The van der Waals surface area contributed by atoms with Crippen molar-refractivity contribution in [3.63, 3.8) is 0 Å². The summed E-state index contributed by atoms with van der Waals surface area (Å²) < 4.78 is 11.8. The van der Waals surface area contributed by atoms with Crippen LogP contribution >= 0.6 is 0 Å². The van der Waals surface area contributed by atoms with Crippen molar-refractivity contribution in [1.29, 1.82) is 0 Å². The van der Waals surface area contributed by atoms with E-state index in [2.05, 4.69) is 23.8 Å². The minimum Gasteiger partial charge on any atom is -0.463 e. The molecule has 0 radical (unpaired) electrons. The average molecular weight is 619 g/mol. The van der Waals surface area contributed by atoms with Crippen LogP contribution in [0.4, 0.5) is 0 Å². The van der Waals surface area contributed by atoms with Gasteiger partial charge in [-0.3, -0.25) is 14.4 Å². The van der Waals surface area contributed by atoms with E-state index in [1.807, 2.05) is 66.7 Å². The molecule has 8 nitrogen and oxygen atoms in total. The molecule has 2 amide bonds. The molecule has 8 heteroatoms. The summed E-state index contributed by atoms with van der Waals surface area (Å²) >= 11 is 0. The molecular formula is C37H50N2O6. The fourth-order valence-corrected chi connectivity index (χ4v) is 5.78. The number of aliphatic hydroxyl groups excluding tert-OH is 1. The third-order valence-electron chi connectivity index (χ3n) is 8.34. The van der Waals surface area contributed by atoms with Crippen molar-refractivity contribution < 1.29 is 29.0 Å². The van der Waals surface area contributed by atoms with Crippen molar-refractivity contribution >= 4 is 17.8 Å². The number of carbonyl (C=O) groups excluding carboxylic acids is 3. The lowest BCUT2D eigenvalue weighted by Gasteiger charge is -2.29. The van der Waals surface area contributed by atoms with E-state index in [0.29, 0.717) is 25.9 Å². The summed E-state index contributed by atoms with van der Waals surface area (Å²) in [7, 11) is 0. The van der Waals surface area contributed by atoms with Crippen LogP contribution in [-0.2, 0) is 36.9 Å². The first-order chi connectivity index (χ1) is 21.9. The maximum atomic E-state index is 13.5. The van der Waals surface area contributed by atoms with Gasteiger partial charge in [-0.1, -0.05) is 85.7 Å². The minimum absolute atomic E-state index is 0.0422. The third kappa shape index (κ3) is 12.6. The highest BCUT2D eigenvalue weighted by Gasteiger charge is 2.35. The number of carbonyl (C=O) groups is 3. The SMILES string of the molecule is C=CCCCC(Cc1ccccc1)C(=O)OCC(COCc1ccccc1)NC(=O)C(CC=C)CC(=O)NC1(CO)CCCC1. The summed E-state index contributed by atoms with van der Waals surface area (Å²) in [5, 5.41) is 15.9. The summed E-state index contributed by atoms with van der Waals surface area (Å²) in [4.78, 5) is 39.8. The van der Waals surface area contributed by atoms with Gasteiger partial charge in [0, 0.05) is 6.42 Å². The van der Waals surface area contributed by atoms with Crippen LogP contribution in [0.2, 0.25) is 0 Å². The van der Waals surface area contributed by atoms with Crippen molar-refractivity contribution in [2.24, 2.45) is 11.8 Å². The lowest BCUT2D eigenvalue weighted by atomic mass is 9.94. The molecule has 3 N–H and O–H groups in total. The molecule has 45 heavy (non-hydrogen) atoms. The predicted octanol–water partition coefficient (Wildman–Crippen LogP) is 5.45. The number of rotatable bonds is 21. The highest BCUT2D eigenvalue weighted by atomic mass is 16.5. The summed E-state index contributed by atoms with van der Waals surface area (Å²) in [6.45, 7) is 7.84. The van der Waals surface area contributed by atoms with Gasteiger partial charge < -0.3 is 25.2 Å². The maximum Gasteiger partial charge on any atom is 0.309 e. The normalized spacial score (nSPS) is 15.8. The standard InChI is InChI=1S/C37H50N2O6/c1-3-5-8-20-32(23-29-16-9-6-10-17-29)36(43)45-27-33(26-44-25-30-18-11-7-12-19-30)38-35(42)31(15-4-2)24-34(41)39-37(28-40)21-13-14-22-37/h3-4,6-7,9-12,16-19,31-33,40H,1-2,5,8,13-15,20-28H2,(H,38,42)(H,39,41). The number of hydrogen-bond acceptors (Lipinski definition) is 6. The number of ether oxygens (including phenoxy) is 2. The van der Waals surface area contributed by atoms with Crippen molar-refractivity contribution in [3.05, 3.63) is 97.1 Å². The summed E-state index contributed by atoms with van der Waals surface area (Å²) in [6.07, 6.45) is 9.90. The molecule has 2 aromatic rings. The van der Waals surface area contributed by atoms with Gasteiger partial charge in [-0.05, 0) is 56.1 Å². The number of allylic oxidation sites excluding steroid dienone is 2. The van der Waals surface area contributed by atoms with Crippen LogP contribution < -0.4 is 10.6 Å². The van der Waals surface area contributed by atoms with Gasteiger partial charge in [0.05, 0.1) is 43.2 Å². The Hall–Kier alpha value is -3.75. The van der Waals surface area contributed by atoms with Crippen molar-refractivity contribution in [3.8, 4) is 0 Å². The van der Waals surface area contributed by atoms with Crippen molar-refractivity contribution in [2.75, 3.05) is 19.8 Å². The quantitative estimate of drug-likeness (QED) is 0.0974.